The highest BCUT2D eigenvalue weighted by atomic mass is 16.6. The second-order valence-electron chi connectivity index (χ2n) is 8.55. The second-order valence-corrected chi connectivity index (χ2v) is 8.55. The molecule has 152 valence electrons. The molecule has 2 aliphatic rings. The Labute approximate surface area is 165 Å². The first-order chi connectivity index (χ1) is 13.2. The first kappa shape index (κ1) is 20.2. The van der Waals surface area contributed by atoms with Crippen LogP contribution in [0.25, 0.3) is 0 Å². The first-order valence-electron chi connectivity index (χ1n) is 9.70. The summed E-state index contributed by atoms with van der Waals surface area (Å²) in [6, 6.07) is 7.36. The molecule has 0 aromatic heterocycles. The van der Waals surface area contributed by atoms with Crippen molar-refractivity contribution in [1.29, 1.82) is 0 Å². The molecule has 0 atom stereocenters. The highest BCUT2D eigenvalue weighted by Gasteiger charge is 2.47. The van der Waals surface area contributed by atoms with Crippen LogP contribution in [0.3, 0.4) is 0 Å². The third-order valence-electron chi connectivity index (χ3n) is 5.15. The molecule has 2 aliphatic heterocycles. The van der Waals surface area contributed by atoms with E-state index in [0.717, 1.165) is 11.8 Å². The number of hydrogen-bond acceptors (Lipinski definition) is 5. The molecule has 1 spiro atoms. The summed E-state index contributed by atoms with van der Waals surface area (Å²) < 4.78 is 11.1. The van der Waals surface area contributed by atoms with E-state index in [9.17, 15) is 14.4 Å². The van der Waals surface area contributed by atoms with Gasteiger partial charge in [0.2, 0.25) is 0 Å². The Bertz CT molecular complexity index is 730. The second kappa shape index (κ2) is 7.81. The van der Waals surface area contributed by atoms with Crippen molar-refractivity contribution in [3.63, 3.8) is 0 Å². The van der Waals surface area contributed by atoms with E-state index in [4.69, 9.17) is 9.47 Å². The maximum absolute atomic E-state index is 12.3. The van der Waals surface area contributed by atoms with Gasteiger partial charge < -0.3 is 19.3 Å². The Morgan fingerprint density at radius 1 is 1.21 bits per heavy atom. The first-order valence-corrected chi connectivity index (χ1v) is 9.70. The zero-order chi connectivity index (χ0) is 20.4. The number of piperidine rings is 1. The molecular weight excluding hydrogens is 360 g/mol. The van der Waals surface area contributed by atoms with Crippen LogP contribution in [0.5, 0.6) is 0 Å². The molecule has 0 radical (unpaired) electrons. The van der Waals surface area contributed by atoms with E-state index >= 15 is 0 Å². The van der Waals surface area contributed by atoms with Crippen LogP contribution in [-0.2, 0) is 15.9 Å². The smallest absolute Gasteiger partial charge is 0.410 e. The number of carbonyl (C=O) groups is 3. The van der Waals surface area contributed by atoms with Crippen molar-refractivity contribution < 1.29 is 23.9 Å². The van der Waals surface area contributed by atoms with Crippen molar-refractivity contribution in [1.82, 2.24) is 9.80 Å². The minimum atomic E-state index is -0.521. The SMILES string of the molecule is CC(C)(C)OC(=O)N1CCC2(CC1)CN(CCc1ccc(C=O)cc1)C(=O)O2. The van der Waals surface area contributed by atoms with Gasteiger partial charge in [0.05, 0.1) is 6.54 Å². The maximum atomic E-state index is 12.3. The number of ether oxygens (including phenoxy) is 2. The molecule has 1 aromatic rings. The molecule has 2 amide bonds. The Hall–Kier alpha value is -2.57. The number of benzene rings is 1. The Morgan fingerprint density at radius 3 is 2.43 bits per heavy atom. The minimum absolute atomic E-state index is 0.296. The molecule has 1 aromatic carbocycles. The van der Waals surface area contributed by atoms with Gasteiger partial charge in [0.1, 0.15) is 17.5 Å². The van der Waals surface area contributed by atoms with Gasteiger partial charge >= 0.3 is 12.2 Å². The summed E-state index contributed by atoms with van der Waals surface area (Å²) in [5, 5.41) is 0. The van der Waals surface area contributed by atoms with E-state index in [2.05, 4.69) is 0 Å². The topological polar surface area (TPSA) is 76.2 Å². The van der Waals surface area contributed by atoms with Crippen LogP contribution in [0, 0.1) is 0 Å². The van der Waals surface area contributed by atoms with Gasteiger partial charge in [-0.1, -0.05) is 24.3 Å². The molecule has 0 saturated carbocycles. The Morgan fingerprint density at radius 2 is 1.86 bits per heavy atom. The number of aldehydes is 1. The lowest BCUT2D eigenvalue weighted by Gasteiger charge is -2.37. The molecule has 3 rings (SSSR count). The van der Waals surface area contributed by atoms with Crippen molar-refractivity contribution in [2.45, 2.75) is 51.2 Å². The number of hydrogen-bond donors (Lipinski definition) is 0. The van der Waals surface area contributed by atoms with Gasteiger partial charge in [-0.3, -0.25) is 4.79 Å². The summed E-state index contributed by atoms with van der Waals surface area (Å²) in [7, 11) is 0. The summed E-state index contributed by atoms with van der Waals surface area (Å²) in [5.41, 5.74) is 0.670. The number of amides is 2. The number of carbonyl (C=O) groups excluding carboxylic acids is 3. The summed E-state index contributed by atoms with van der Waals surface area (Å²) in [5.74, 6) is 0. The summed E-state index contributed by atoms with van der Waals surface area (Å²) in [4.78, 5) is 38.7. The van der Waals surface area contributed by atoms with Crippen molar-refractivity contribution in [3.8, 4) is 0 Å². The van der Waals surface area contributed by atoms with Crippen molar-refractivity contribution in [2.75, 3.05) is 26.2 Å². The highest BCUT2D eigenvalue weighted by Crippen LogP contribution is 2.33. The van der Waals surface area contributed by atoms with E-state index in [1.54, 1.807) is 21.9 Å². The molecule has 7 heteroatoms. The largest absolute Gasteiger partial charge is 0.444 e. The summed E-state index contributed by atoms with van der Waals surface area (Å²) in [6.45, 7) is 7.68. The molecule has 0 bridgehead atoms. The summed E-state index contributed by atoms with van der Waals surface area (Å²) in [6.07, 6.45) is 2.13. The van der Waals surface area contributed by atoms with Crippen molar-refractivity contribution in [3.05, 3.63) is 35.4 Å². The van der Waals surface area contributed by atoms with Gasteiger partial charge in [0.15, 0.2) is 0 Å². The number of nitrogens with zero attached hydrogens (tertiary/aromatic N) is 2. The molecule has 2 saturated heterocycles. The average molecular weight is 388 g/mol. The number of rotatable bonds is 4. The van der Waals surface area contributed by atoms with Crippen molar-refractivity contribution in [2.24, 2.45) is 0 Å². The van der Waals surface area contributed by atoms with Gasteiger partial charge in [-0.15, -0.1) is 0 Å². The fourth-order valence-corrected chi connectivity index (χ4v) is 3.58. The fourth-order valence-electron chi connectivity index (χ4n) is 3.58. The molecule has 28 heavy (non-hydrogen) atoms. The Balaban J connectivity index is 1.51. The quantitative estimate of drug-likeness (QED) is 0.740. The van der Waals surface area contributed by atoms with Crippen LogP contribution in [0.4, 0.5) is 9.59 Å². The molecule has 7 nitrogen and oxygen atoms in total. The van der Waals surface area contributed by atoms with Gasteiger partial charge in [-0.25, -0.2) is 9.59 Å². The fraction of sp³-hybridized carbons (Fsp3) is 0.571. The highest BCUT2D eigenvalue weighted by molar-refractivity contribution is 5.74. The third kappa shape index (κ3) is 4.82. The minimum Gasteiger partial charge on any atom is -0.444 e. The van der Waals surface area contributed by atoms with E-state index < -0.39 is 11.2 Å². The van der Waals surface area contributed by atoms with E-state index in [-0.39, 0.29) is 12.2 Å². The molecular formula is C21H28N2O5. The van der Waals surface area contributed by atoms with Crippen LogP contribution in [0.15, 0.2) is 24.3 Å². The van der Waals surface area contributed by atoms with Crippen LogP contribution in [-0.4, -0.2) is 65.7 Å². The molecule has 0 aliphatic carbocycles. The van der Waals surface area contributed by atoms with E-state index in [1.165, 1.54) is 0 Å². The monoisotopic (exact) mass is 388 g/mol. The predicted molar refractivity (Wildman–Crippen MR) is 103 cm³/mol. The average Bonchev–Trinajstić information content (AvgIpc) is 2.94. The normalized spacial score (nSPS) is 18.9. The third-order valence-corrected chi connectivity index (χ3v) is 5.15. The lowest BCUT2D eigenvalue weighted by atomic mass is 9.91. The lowest BCUT2D eigenvalue weighted by molar-refractivity contribution is -0.0170. The zero-order valence-electron chi connectivity index (χ0n) is 16.8. The number of likely N-dealkylation sites (tertiary alicyclic amines) is 1. The molecule has 2 fully saturated rings. The molecule has 0 N–H and O–H groups in total. The lowest BCUT2D eigenvalue weighted by Crippen LogP contribution is -2.49. The van der Waals surface area contributed by atoms with Crippen LogP contribution >= 0.6 is 0 Å². The van der Waals surface area contributed by atoms with E-state index in [1.807, 2.05) is 32.9 Å². The molecule has 0 unspecified atom stereocenters. The van der Waals surface area contributed by atoms with Crippen LogP contribution in [0.2, 0.25) is 0 Å². The Kier molecular flexibility index (Phi) is 5.63. The van der Waals surface area contributed by atoms with Crippen LogP contribution < -0.4 is 0 Å². The van der Waals surface area contributed by atoms with Gasteiger partial charge in [0.25, 0.3) is 0 Å². The van der Waals surface area contributed by atoms with Gasteiger partial charge in [-0.05, 0) is 32.8 Å². The van der Waals surface area contributed by atoms with Crippen LogP contribution in [0.1, 0.15) is 49.5 Å². The van der Waals surface area contributed by atoms with Gasteiger partial charge in [-0.2, -0.15) is 0 Å². The van der Waals surface area contributed by atoms with E-state index in [0.29, 0.717) is 51.0 Å². The maximum Gasteiger partial charge on any atom is 0.410 e. The predicted octanol–water partition coefficient (Wildman–Crippen LogP) is 3.26. The van der Waals surface area contributed by atoms with Gasteiger partial charge in [0, 0.05) is 38.0 Å². The molecule has 2 heterocycles. The summed E-state index contributed by atoms with van der Waals surface area (Å²) >= 11 is 0. The standard InChI is InChI=1S/C21H28N2O5/c1-20(2,3)27-18(25)22-12-9-21(10-13-22)15-23(19(26)28-21)11-8-16-4-6-17(14-24)7-5-16/h4-7,14H,8-13,15H2,1-3H3. The van der Waals surface area contributed by atoms with Crippen molar-refractivity contribution >= 4 is 18.5 Å². The zero-order valence-corrected chi connectivity index (χ0v) is 16.8.